The number of hydrogen-bond acceptors (Lipinski definition) is 11. The summed E-state index contributed by atoms with van der Waals surface area (Å²) in [4.78, 5) is 27.3. The largest absolute Gasteiger partial charge is 0.419 e. The van der Waals surface area contributed by atoms with Crippen molar-refractivity contribution in [2.75, 3.05) is 25.4 Å². The first-order chi connectivity index (χ1) is 16.6. The average molecular weight is 486 g/mol. The van der Waals surface area contributed by atoms with E-state index in [1.807, 2.05) is 27.7 Å². The highest BCUT2D eigenvalue weighted by Crippen LogP contribution is 2.30. The van der Waals surface area contributed by atoms with Gasteiger partial charge >= 0.3 is 0 Å². The molecule has 0 unspecified atom stereocenters. The molecule has 0 aromatic carbocycles. The van der Waals surface area contributed by atoms with Gasteiger partial charge in [0.1, 0.15) is 5.69 Å². The van der Waals surface area contributed by atoms with Crippen LogP contribution in [0.4, 0.5) is 5.82 Å². The van der Waals surface area contributed by atoms with E-state index >= 15 is 0 Å². The number of nitrogens with two attached hydrogens (primary N) is 1. The molecule has 4 heterocycles. The normalized spacial score (nSPS) is 16.0. The quantitative estimate of drug-likeness (QED) is 0.448. The van der Waals surface area contributed by atoms with E-state index in [-0.39, 0.29) is 28.7 Å². The van der Waals surface area contributed by atoms with Crippen LogP contribution >= 0.6 is 0 Å². The number of nitrogens with zero attached hydrogens (tertiary/aromatic N) is 8. The highest BCUT2D eigenvalue weighted by molar-refractivity contribution is 5.80. The van der Waals surface area contributed by atoms with Crippen LogP contribution in [0.25, 0.3) is 23.1 Å². The molecule has 3 aromatic rings. The van der Waals surface area contributed by atoms with Crippen LogP contribution in [0.1, 0.15) is 58.2 Å². The van der Waals surface area contributed by atoms with Crippen molar-refractivity contribution in [1.29, 1.82) is 0 Å². The molecule has 0 spiro atoms. The maximum Gasteiger partial charge on any atom is 0.270 e. The number of nitrogen functional groups attached to an aromatic ring is 1. The SMILES string of the molecule is CCn1nc(C2CCN(C(=O)[C@H](O)CO)CC2)nc1-c1cnc(N)c(-c2nnc(C(C)(C)C)o2)n1. The summed E-state index contributed by atoms with van der Waals surface area (Å²) in [5, 5.41) is 31.5. The summed E-state index contributed by atoms with van der Waals surface area (Å²) in [7, 11) is 0. The van der Waals surface area contributed by atoms with Crippen LogP contribution in [0.5, 0.6) is 0 Å². The number of carbonyl (C=O) groups is 1. The number of amides is 1. The van der Waals surface area contributed by atoms with Crippen molar-refractivity contribution in [2.24, 2.45) is 0 Å². The van der Waals surface area contributed by atoms with Crippen LogP contribution in [-0.2, 0) is 16.8 Å². The lowest BCUT2D eigenvalue weighted by molar-refractivity contribution is -0.143. The molecule has 4 N–H and O–H groups in total. The van der Waals surface area contributed by atoms with Gasteiger partial charge in [-0.1, -0.05) is 20.8 Å². The van der Waals surface area contributed by atoms with E-state index in [1.54, 1.807) is 9.58 Å². The van der Waals surface area contributed by atoms with Crippen LogP contribution in [0.15, 0.2) is 10.6 Å². The third-order valence-electron chi connectivity index (χ3n) is 5.92. The van der Waals surface area contributed by atoms with Gasteiger partial charge in [0.2, 0.25) is 5.89 Å². The second-order valence-electron chi connectivity index (χ2n) is 9.56. The van der Waals surface area contributed by atoms with E-state index in [1.165, 1.54) is 6.20 Å². The first-order valence-corrected chi connectivity index (χ1v) is 11.6. The molecule has 3 aromatic heterocycles. The molecule has 1 fully saturated rings. The number of anilines is 1. The molecule has 35 heavy (non-hydrogen) atoms. The van der Waals surface area contributed by atoms with Crippen molar-refractivity contribution >= 4 is 11.7 Å². The number of rotatable bonds is 6. The van der Waals surface area contributed by atoms with Gasteiger partial charge in [-0.2, -0.15) is 5.10 Å². The van der Waals surface area contributed by atoms with Crippen molar-refractivity contribution in [3.8, 4) is 23.1 Å². The standard InChI is InChI=1S/C22H31N9O4/c1-5-31-18(26-17(29-31)12-6-8-30(9-7-12)20(34)14(33)11-32)13-10-24-16(23)15(25-13)19-27-28-21(35-19)22(2,3)4/h10,12,14,32-33H,5-9,11H2,1-4H3,(H2,23,24)/t14-/m1/s1. The average Bonchev–Trinajstić information content (AvgIpc) is 3.51. The smallest absolute Gasteiger partial charge is 0.270 e. The molecule has 0 saturated carbocycles. The van der Waals surface area contributed by atoms with Crippen LogP contribution < -0.4 is 5.73 Å². The molecule has 13 nitrogen and oxygen atoms in total. The zero-order valence-electron chi connectivity index (χ0n) is 20.3. The van der Waals surface area contributed by atoms with E-state index in [4.69, 9.17) is 20.2 Å². The maximum atomic E-state index is 12.1. The first kappa shape index (κ1) is 24.7. The fraction of sp³-hybridized carbons (Fsp3) is 0.591. The van der Waals surface area contributed by atoms with Crippen molar-refractivity contribution in [3.05, 3.63) is 17.9 Å². The summed E-state index contributed by atoms with van der Waals surface area (Å²) in [6.07, 6.45) is 1.45. The molecule has 1 saturated heterocycles. The Morgan fingerprint density at radius 2 is 1.97 bits per heavy atom. The topological polar surface area (TPSA) is 182 Å². The fourth-order valence-corrected chi connectivity index (χ4v) is 3.87. The van der Waals surface area contributed by atoms with Gasteiger partial charge in [0.25, 0.3) is 11.8 Å². The van der Waals surface area contributed by atoms with Crippen LogP contribution in [0, 0.1) is 0 Å². The molecule has 188 valence electrons. The lowest BCUT2D eigenvalue weighted by Crippen LogP contribution is -2.44. The minimum atomic E-state index is -1.38. The Morgan fingerprint density at radius 3 is 2.57 bits per heavy atom. The van der Waals surface area contributed by atoms with E-state index in [2.05, 4.69) is 25.3 Å². The zero-order valence-corrected chi connectivity index (χ0v) is 20.3. The predicted molar refractivity (Wildman–Crippen MR) is 125 cm³/mol. The van der Waals surface area contributed by atoms with Gasteiger partial charge in [0, 0.05) is 31.0 Å². The number of hydrogen-bond donors (Lipinski definition) is 3. The Morgan fingerprint density at radius 1 is 1.26 bits per heavy atom. The van der Waals surface area contributed by atoms with Gasteiger partial charge in [-0.25, -0.2) is 19.6 Å². The third-order valence-corrected chi connectivity index (χ3v) is 5.92. The molecule has 1 atom stereocenters. The summed E-state index contributed by atoms with van der Waals surface area (Å²) >= 11 is 0. The Balaban J connectivity index is 1.58. The monoisotopic (exact) mass is 485 g/mol. The van der Waals surface area contributed by atoms with Crippen LogP contribution in [-0.4, -0.2) is 81.8 Å². The van der Waals surface area contributed by atoms with Gasteiger partial charge in [-0.15, -0.1) is 10.2 Å². The highest BCUT2D eigenvalue weighted by atomic mass is 16.4. The predicted octanol–water partition coefficient (Wildman–Crippen LogP) is 0.744. The molecule has 4 rings (SSSR count). The summed E-state index contributed by atoms with van der Waals surface area (Å²) in [5.74, 6) is 1.61. The fourth-order valence-electron chi connectivity index (χ4n) is 3.87. The summed E-state index contributed by atoms with van der Waals surface area (Å²) in [6, 6.07) is 0. The molecule has 1 amide bonds. The van der Waals surface area contributed by atoms with Gasteiger partial charge in [0.05, 0.1) is 12.8 Å². The first-order valence-electron chi connectivity index (χ1n) is 11.6. The minimum Gasteiger partial charge on any atom is -0.419 e. The number of carbonyl (C=O) groups excluding carboxylic acids is 1. The molecule has 1 aliphatic heterocycles. The number of likely N-dealkylation sites (tertiary alicyclic amines) is 1. The molecular weight excluding hydrogens is 454 g/mol. The van der Waals surface area contributed by atoms with E-state index in [0.717, 1.165) is 0 Å². The van der Waals surface area contributed by atoms with Gasteiger partial charge in [-0.3, -0.25) is 4.79 Å². The summed E-state index contributed by atoms with van der Waals surface area (Å²) < 4.78 is 7.55. The Hall–Kier alpha value is -3.45. The molecule has 0 aliphatic carbocycles. The van der Waals surface area contributed by atoms with E-state index in [0.29, 0.717) is 55.7 Å². The van der Waals surface area contributed by atoms with Crippen LogP contribution in [0.2, 0.25) is 0 Å². The van der Waals surface area contributed by atoms with E-state index in [9.17, 15) is 9.90 Å². The highest BCUT2D eigenvalue weighted by Gasteiger charge is 2.30. The van der Waals surface area contributed by atoms with Crippen molar-refractivity contribution < 1.29 is 19.4 Å². The number of aromatic nitrogens is 7. The van der Waals surface area contributed by atoms with Crippen LogP contribution in [0.3, 0.4) is 0 Å². The van der Waals surface area contributed by atoms with Crippen molar-refractivity contribution in [2.45, 2.75) is 64.5 Å². The summed E-state index contributed by atoms with van der Waals surface area (Å²) in [5.41, 5.74) is 6.51. The zero-order chi connectivity index (χ0) is 25.3. The number of aliphatic hydroxyl groups is 2. The molecule has 1 aliphatic rings. The molecule has 13 heteroatoms. The number of piperidine rings is 1. The summed E-state index contributed by atoms with van der Waals surface area (Å²) in [6.45, 7) is 8.75. The Bertz CT molecular complexity index is 1190. The van der Waals surface area contributed by atoms with Gasteiger partial charge < -0.3 is 25.3 Å². The molecule has 0 radical (unpaired) electrons. The second-order valence-corrected chi connectivity index (χ2v) is 9.56. The molecule has 0 bridgehead atoms. The number of aryl methyl sites for hydroxylation is 1. The number of aliphatic hydroxyl groups excluding tert-OH is 2. The maximum absolute atomic E-state index is 12.1. The lowest BCUT2D eigenvalue weighted by atomic mass is 9.96. The van der Waals surface area contributed by atoms with Crippen molar-refractivity contribution in [3.63, 3.8) is 0 Å². The Labute approximate surface area is 202 Å². The van der Waals surface area contributed by atoms with Crippen molar-refractivity contribution in [1.82, 2.24) is 39.8 Å². The van der Waals surface area contributed by atoms with Gasteiger partial charge in [-0.05, 0) is 19.8 Å². The van der Waals surface area contributed by atoms with Gasteiger partial charge in [0.15, 0.2) is 29.3 Å². The lowest BCUT2D eigenvalue weighted by Gasteiger charge is -2.31. The second kappa shape index (κ2) is 9.66. The van der Waals surface area contributed by atoms with E-state index < -0.39 is 18.6 Å². The third kappa shape index (κ3) is 5.00. The molecular formula is C22H31N9O4. The minimum absolute atomic E-state index is 0.0448. The Kier molecular flexibility index (Phi) is 6.81.